The maximum Gasteiger partial charge on any atom is 0.345 e. The first-order chi connectivity index (χ1) is 17.1. The Bertz CT molecular complexity index is 1250. The summed E-state index contributed by atoms with van der Waals surface area (Å²) in [5.74, 6) is 0.793. The third kappa shape index (κ3) is 5.70. The Morgan fingerprint density at radius 3 is 2.83 bits per heavy atom. The molecule has 1 N–H and O–H groups in total. The lowest BCUT2D eigenvalue weighted by atomic mass is 10.1. The summed E-state index contributed by atoms with van der Waals surface area (Å²) < 4.78 is 13.6. The minimum atomic E-state index is -0.434. The van der Waals surface area contributed by atoms with Crippen molar-refractivity contribution in [1.29, 1.82) is 5.26 Å². The molecule has 2 amide bonds. The maximum atomic E-state index is 11.9. The lowest BCUT2D eigenvalue weighted by molar-refractivity contribution is 0.0358. The number of aryl methyl sites for hydroxylation is 1. The minimum Gasteiger partial charge on any atom is -0.493 e. The van der Waals surface area contributed by atoms with Crippen LogP contribution in [0.2, 0.25) is 0 Å². The van der Waals surface area contributed by atoms with Crippen LogP contribution in [0.4, 0.5) is 10.5 Å². The molecule has 1 aliphatic heterocycles. The number of anilines is 1. The molecule has 0 radical (unpaired) electrons. The van der Waals surface area contributed by atoms with Gasteiger partial charge in [0.25, 0.3) is 0 Å². The molecule has 8 nitrogen and oxygen atoms in total. The number of nitrogens with zero attached hydrogens (tertiary/aromatic N) is 4. The lowest BCUT2D eigenvalue weighted by Gasteiger charge is -2.26. The van der Waals surface area contributed by atoms with Crippen molar-refractivity contribution in [3.05, 3.63) is 48.0 Å². The summed E-state index contributed by atoms with van der Waals surface area (Å²) in [5.41, 5.74) is 3.86. The molecule has 4 rings (SSSR count). The quantitative estimate of drug-likeness (QED) is 0.370. The van der Waals surface area contributed by atoms with Gasteiger partial charge in [0.1, 0.15) is 11.8 Å². The van der Waals surface area contributed by atoms with E-state index in [1.54, 1.807) is 13.0 Å². The summed E-state index contributed by atoms with van der Waals surface area (Å²) >= 11 is 0. The average molecular weight is 474 g/mol. The van der Waals surface area contributed by atoms with E-state index >= 15 is 0 Å². The molecule has 0 aliphatic carbocycles. The summed E-state index contributed by atoms with van der Waals surface area (Å²) in [5, 5.41) is 13.7. The fraction of sp³-hybridized carbons (Fsp3) is 0.370. The summed E-state index contributed by atoms with van der Waals surface area (Å²) in [6.45, 7) is 9.63. The van der Waals surface area contributed by atoms with E-state index in [0.717, 1.165) is 67.2 Å². The predicted molar refractivity (Wildman–Crippen MR) is 138 cm³/mol. The average Bonchev–Trinajstić information content (AvgIpc) is 3.20. The molecule has 0 saturated carbocycles. The molecule has 2 aromatic carbocycles. The van der Waals surface area contributed by atoms with Gasteiger partial charge in [-0.15, -0.1) is 0 Å². The van der Waals surface area contributed by atoms with E-state index in [1.807, 2.05) is 36.4 Å². The zero-order chi connectivity index (χ0) is 24.6. The number of morpholine rings is 1. The van der Waals surface area contributed by atoms with Crippen molar-refractivity contribution in [2.45, 2.75) is 26.8 Å². The summed E-state index contributed by atoms with van der Waals surface area (Å²) in [6, 6.07) is 15.3. The monoisotopic (exact) mass is 473 g/mol. The Hall–Kier alpha value is -3.67. The van der Waals surface area contributed by atoms with Crippen molar-refractivity contribution in [2.24, 2.45) is 4.99 Å². The van der Waals surface area contributed by atoms with Gasteiger partial charge in [0.2, 0.25) is 0 Å². The van der Waals surface area contributed by atoms with Gasteiger partial charge in [-0.3, -0.25) is 4.90 Å². The van der Waals surface area contributed by atoms with Crippen LogP contribution in [0.1, 0.15) is 25.8 Å². The van der Waals surface area contributed by atoms with Gasteiger partial charge in [-0.2, -0.15) is 5.26 Å². The maximum absolute atomic E-state index is 11.9. The highest BCUT2D eigenvalue weighted by Gasteiger charge is 2.19. The molecular weight excluding hydrogens is 442 g/mol. The summed E-state index contributed by atoms with van der Waals surface area (Å²) in [4.78, 5) is 18.0. The fourth-order valence-electron chi connectivity index (χ4n) is 4.48. The molecule has 1 aliphatic rings. The first-order valence-electron chi connectivity index (χ1n) is 12.0. The molecule has 182 valence electrons. The Labute approximate surface area is 205 Å². The Morgan fingerprint density at radius 1 is 1.26 bits per heavy atom. The van der Waals surface area contributed by atoms with Gasteiger partial charge in [-0.05, 0) is 44.5 Å². The molecule has 0 atom stereocenters. The van der Waals surface area contributed by atoms with Crippen LogP contribution in [0.15, 0.2) is 47.5 Å². The predicted octanol–water partition coefficient (Wildman–Crippen LogP) is 4.92. The van der Waals surface area contributed by atoms with Crippen molar-refractivity contribution in [3.63, 3.8) is 0 Å². The third-order valence-corrected chi connectivity index (χ3v) is 6.09. The van der Waals surface area contributed by atoms with E-state index in [0.29, 0.717) is 24.4 Å². The van der Waals surface area contributed by atoms with E-state index in [-0.39, 0.29) is 0 Å². The van der Waals surface area contributed by atoms with Crippen LogP contribution >= 0.6 is 0 Å². The molecule has 35 heavy (non-hydrogen) atoms. The van der Waals surface area contributed by atoms with E-state index in [2.05, 4.69) is 32.8 Å². The number of fused-ring (bicyclic) bond motifs is 1. The highest BCUT2D eigenvalue weighted by Crippen LogP contribution is 2.36. The normalized spacial score (nSPS) is 14.3. The van der Waals surface area contributed by atoms with Gasteiger partial charge in [0, 0.05) is 55.1 Å². The van der Waals surface area contributed by atoms with Crippen LogP contribution in [0.25, 0.3) is 22.2 Å². The number of hydrogen-bond donors (Lipinski definition) is 1. The van der Waals surface area contributed by atoms with Crippen LogP contribution < -0.4 is 10.1 Å². The highest BCUT2D eigenvalue weighted by molar-refractivity contribution is 5.97. The standard InChI is InChI=1S/C27H31N5O3/c1-3-29-27(33)30-21-8-5-7-20(17-21)26-24(19-28)23-10-9-22(18-25(23)32(26)4-2)35-14-6-11-31-12-15-34-16-13-31/h3,5,7-10,17-18H,4,6,11-16H2,1-2H3,(H,30,33). The number of benzene rings is 2. The van der Waals surface area contributed by atoms with Crippen LogP contribution in [0.5, 0.6) is 5.75 Å². The van der Waals surface area contributed by atoms with Gasteiger partial charge < -0.3 is 19.4 Å². The summed E-state index contributed by atoms with van der Waals surface area (Å²) in [7, 11) is 0. The Morgan fingerprint density at radius 2 is 2.09 bits per heavy atom. The van der Waals surface area contributed by atoms with E-state index < -0.39 is 6.03 Å². The van der Waals surface area contributed by atoms with Crippen molar-refractivity contribution < 1.29 is 14.3 Å². The van der Waals surface area contributed by atoms with Gasteiger partial charge in [0.15, 0.2) is 0 Å². The van der Waals surface area contributed by atoms with E-state index in [4.69, 9.17) is 9.47 Å². The number of nitrogens with one attached hydrogen (secondary N) is 1. The van der Waals surface area contributed by atoms with Gasteiger partial charge in [-0.1, -0.05) is 12.1 Å². The van der Waals surface area contributed by atoms with Crippen LogP contribution in [-0.4, -0.2) is 61.2 Å². The molecule has 1 fully saturated rings. The molecular formula is C27H31N5O3. The molecule has 0 bridgehead atoms. The van der Waals surface area contributed by atoms with Crippen LogP contribution in [0, 0.1) is 11.3 Å². The van der Waals surface area contributed by atoms with Gasteiger partial charge in [0.05, 0.1) is 36.6 Å². The Kier molecular flexibility index (Phi) is 8.14. The molecule has 3 aromatic rings. The number of carbonyl (C=O) groups is 1. The fourth-order valence-corrected chi connectivity index (χ4v) is 4.48. The lowest BCUT2D eigenvalue weighted by Crippen LogP contribution is -2.37. The van der Waals surface area contributed by atoms with E-state index in [9.17, 15) is 10.1 Å². The van der Waals surface area contributed by atoms with Crippen molar-refractivity contribution in [3.8, 4) is 23.1 Å². The number of aliphatic imine (C=N–C) groups is 1. The second-order valence-electron chi connectivity index (χ2n) is 8.31. The smallest absolute Gasteiger partial charge is 0.345 e. The van der Waals surface area contributed by atoms with Crippen LogP contribution in [0.3, 0.4) is 0 Å². The van der Waals surface area contributed by atoms with Gasteiger partial charge in [-0.25, -0.2) is 9.79 Å². The number of amides is 2. The molecule has 0 unspecified atom stereocenters. The number of rotatable bonds is 8. The number of urea groups is 1. The number of nitriles is 1. The minimum absolute atomic E-state index is 0.434. The van der Waals surface area contributed by atoms with Crippen molar-refractivity contribution >= 4 is 28.8 Å². The van der Waals surface area contributed by atoms with Crippen LogP contribution in [-0.2, 0) is 11.3 Å². The first kappa shape index (κ1) is 24.5. The van der Waals surface area contributed by atoms with E-state index in [1.165, 1.54) is 6.21 Å². The highest BCUT2D eigenvalue weighted by atomic mass is 16.5. The zero-order valence-electron chi connectivity index (χ0n) is 20.3. The second kappa shape index (κ2) is 11.6. The number of ether oxygens (including phenoxy) is 2. The Balaban J connectivity index is 1.58. The largest absolute Gasteiger partial charge is 0.493 e. The second-order valence-corrected chi connectivity index (χ2v) is 8.31. The van der Waals surface area contributed by atoms with Gasteiger partial charge >= 0.3 is 6.03 Å². The SMILES string of the molecule is CC=NC(=O)Nc1cccc(-c2c(C#N)c3ccc(OCCCN4CCOCC4)cc3n2CC)c1. The molecule has 2 heterocycles. The molecule has 0 spiro atoms. The van der Waals surface area contributed by atoms with Crippen molar-refractivity contribution in [1.82, 2.24) is 9.47 Å². The van der Waals surface area contributed by atoms with Crippen molar-refractivity contribution in [2.75, 3.05) is 44.8 Å². The molecule has 1 aromatic heterocycles. The third-order valence-electron chi connectivity index (χ3n) is 6.09. The number of aromatic nitrogens is 1. The first-order valence-corrected chi connectivity index (χ1v) is 12.0. The molecule has 1 saturated heterocycles. The number of carbonyl (C=O) groups excluding carboxylic acids is 1. The zero-order valence-corrected chi connectivity index (χ0v) is 20.3. The summed E-state index contributed by atoms with van der Waals surface area (Å²) in [6.07, 6.45) is 2.40. The topological polar surface area (TPSA) is 91.9 Å². The number of hydrogen-bond acceptors (Lipinski definition) is 5. The molecule has 8 heteroatoms.